The van der Waals surface area contributed by atoms with E-state index in [1.807, 2.05) is 35.7 Å². The van der Waals surface area contributed by atoms with Crippen molar-refractivity contribution >= 4 is 55.8 Å². The normalized spacial score (nSPS) is 11.8. The van der Waals surface area contributed by atoms with Gasteiger partial charge < -0.3 is 9.73 Å². The van der Waals surface area contributed by atoms with E-state index in [9.17, 15) is 13.2 Å². The lowest BCUT2D eigenvalue weighted by Gasteiger charge is -2.10. The maximum absolute atomic E-state index is 12.3. The van der Waals surface area contributed by atoms with Crippen molar-refractivity contribution in [3.05, 3.63) is 64.6 Å². The number of amides is 1. The first kappa shape index (κ1) is 22.5. The van der Waals surface area contributed by atoms with Crippen molar-refractivity contribution in [1.29, 1.82) is 0 Å². The number of carbonyl (C=O) groups is 1. The number of oxazole rings is 1. The molecule has 0 spiro atoms. The Bertz CT molecular complexity index is 1350. The number of aromatic nitrogens is 2. The SMILES string of the molecule is CN(C)S(=O)(=O)c1ccc2oc(SCc3csc(CC(=O)Nc4ccccc4)n3)nc2c1. The zero-order valence-corrected chi connectivity index (χ0v) is 19.8. The first-order chi connectivity index (χ1) is 15.3. The van der Waals surface area contributed by atoms with E-state index < -0.39 is 10.0 Å². The number of anilines is 1. The summed E-state index contributed by atoms with van der Waals surface area (Å²) < 4.78 is 31.5. The number of hydrogen-bond donors (Lipinski definition) is 1. The fourth-order valence-corrected chi connectivity index (χ4v) is 5.37. The Hall–Kier alpha value is -2.73. The Labute approximate surface area is 193 Å². The average molecular weight is 489 g/mol. The summed E-state index contributed by atoms with van der Waals surface area (Å²) in [6.07, 6.45) is 0.205. The summed E-state index contributed by atoms with van der Waals surface area (Å²) in [6.45, 7) is 0. The minimum atomic E-state index is -3.54. The van der Waals surface area contributed by atoms with Gasteiger partial charge in [-0.1, -0.05) is 30.0 Å². The molecule has 0 radical (unpaired) electrons. The van der Waals surface area contributed by atoms with Crippen molar-refractivity contribution in [2.45, 2.75) is 22.3 Å². The van der Waals surface area contributed by atoms with Crippen LogP contribution in [0.5, 0.6) is 0 Å². The maximum Gasteiger partial charge on any atom is 0.257 e. The van der Waals surface area contributed by atoms with Crippen LogP contribution < -0.4 is 5.32 Å². The first-order valence-corrected chi connectivity index (χ1v) is 12.9. The molecule has 0 saturated heterocycles. The van der Waals surface area contributed by atoms with Crippen molar-refractivity contribution < 1.29 is 17.6 Å². The molecule has 4 aromatic rings. The Morgan fingerprint density at radius 1 is 1.16 bits per heavy atom. The predicted molar refractivity (Wildman–Crippen MR) is 125 cm³/mol. The van der Waals surface area contributed by atoms with Gasteiger partial charge in [-0.05, 0) is 30.3 Å². The third kappa shape index (κ3) is 5.18. The Kier molecular flexibility index (Phi) is 6.60. The van der Waals surface area contributed by atoms with Gasteiger partial charge in [0, 0.05) is 30.9 Å². The summed E-state index contributed by atoms with van der Waals surface area (Å²) in [7, 11) is -0.572. The lowest BCUT2D eigenvalue weighted by Crippen LogP contribution is -2.22. The molecule has 32 heavy (non-hydrogen) atoms. The molecule has 0 unspecified atom stereocenters. The van der Waals surface area contributed by atoms with Crippen LogP contribution in [0.1, 0.15) is 10.7 Å². The molecule has 0 aliphatic carbocycles. The summed E-state index contributed by atoms with van der Waals surface area (Å²) in [5.41, 5.74) is 2.57. The number of benzene rings is 2. The third-order valence-corrected chi connectivity index (χ3v) is 8.00. The molecule has 0 aliphatic rings. The summed E-state index contributed by atoms with van der Waals surface area (Å²) >= 11 is 2.79. The number of hydrogen-bond acceptors (Lipinski definition) is 8. The fraction of sp³-hybridized carbons (Fsp3) is 0.190. The largest absolute Gasteiger partial charge is 0.431 e. The molecule has 2 aromatic heterocycles. The highest BCUT2D eigenvalue weighted by Gasteiger charge is 2.19. The van der Waals surface area contributed by atoms with Crippen LogP contribution in [0.4, 0.5) is 5.69 Å². The molecule has 0 atom stereocenters. The first-order valence-electron chi connectivity index (χ1n) is 9.55. The fourth-order valence-electron chi connectivity index (χ4n) is 2.82. The minimum absolute atomic E-state index is 0.118. The maximum atomic E-state index is 12.3. The lowest BCUT2D eigenvalue weighted by molar-refractivity contribution is -0.115. The van der Waals surface area contributed by atoms with Gasteiger partial charge in [-0.25, -0.2) is 22.7 Å². The Balaban J connectivity index is 1.38. The number of thioether (sulfide) groups is 1. The highest BCUT2D eigenvalue weighted by molar-refractivity contribution is 7.98. The van der Waals surface area contributed by atoms with E-state index in [1.165, 1.54) is 49.3 Å². The van der Waals surface area contributed by atoms with Crippen LogP contribution >= 0.6 is 23.1 Å². The average Bonchev–Trinajstić information content (AvgIpc) is 3.38. The van der Waals surface area contributed by atoms with E-state index in [0.717, 1.165) is 20.7 Å². The zero-order valence-electron chi connectivity index (χ0n) is 17.3. The number of sulfonamides is 1. The summed E-state index contributed by atoms with van der Waals surface area (Å²) in [4.78, 5) is 21.3. The highest BCUT2D eigenvalue weighted by atomic mass is 32.2. The molecular weight excluding hydrogens is 468 g/mol. The second kappa shape index (κ2) is 9.41. The van der Waals surface area contributed by atoms with E-state index in [1.54, 1.807) is 6.07 Å². The number of carbonyl (C=O) groups excluding carboxylic acids is 1. The van der Waals surface area contributed by atoms with Crippen molar-refractivity contribution in [3.63, 3.8) is 0 Å². The van der Waals surface area contributed by atoms with Crippen molar-refractivity contribution in [1.82, 2.24) is 14.3 Å². The zero-order chi connectivity index (χ0) is 22.7. The summed E-state index contributed by atoms with van der Waals surface area (Å²) in [6, 6.07) is 13.9. The number of thiazole rings is 1. The molecular formula is C21H20N4O4S3. The van der Waals surface area contributed by atoms with E-state index in [0.29, 0.717) is 22.1 Å². The van der Waals surface area contributed by atoms with Crippen LogP contribution in [-0.4, -0.2) is 42.7 Å². The molecule has 2 heterocycles. The topological polar surface area (TPSA) is 105 Å². The van der Waals surface area contributed by atoms with E-state index in [4.69, 9.17) is 4.42 Å². The molecule has 8 nitrogen and oxygen atoms in total. The predicted octanol–water partition coefficient (Wildman–Crippen LogP) is 4.01. The number of nitrogens with zero attached hydrogens (tertiary/aromatic N) is 3. The van der Waals surface area contributed by atoms with Gasteiger partial charge in [-0.2, -0.15) is 0 Å². The molecule has 166 valence electrons. The second-order valence-electron chi connectivity index (χ2n) is 7.01. The van der Waals surface area contributed by atoms with Gasteiger partial charge >= 0.3 is 0 Å². The van der Waals surface area contributed by atoms with Crippen molar-refractivity contribution in [3.8, 4) is 0 Å². The van der Waals surface area contributed by atoms with Crippen LogP contribution in [0.25, 0.3) is 11.1 Å². The van der Waals surface area contributed by atoms with Gasteiger partial charge in [-0.15, -0.1) is 11.3 Å². The summed E-state index contributed by atoms with van der Waals surface area (Å²) in [5, 5.41) is 5.91. The number of rotatable bonds is 8. The molecule has 1 amide bonds. The molecule has 0 bridgehead atoms. The van der Waals surface area contributed by atoms with Crippen LogP contribution in [0.2, 0.25) is 0 Å². The molecule has 4 rings (SSSR count). The standard InChI is InChI=1S/C21H20N4O4S3/c1-25(2)32(27,28)16-8-9-18-17(10-16)24-21(29-18)31-13-15-12-30-20(23-15)11-19(26)22-14-6-4-3-5-7-14/h3-10,12H,11,13H2,1-2H3,(H,22,26). The molecule has 0 fully saturated rings. The highest BCUT2D eigenvalue weighted by Crippen LogP contribution is 2.28. The number of para-hydroxylation sites is 1. The molecule has 2 aromatic carbocycles. The Morgan fingerprint density at radius 3 is 2.69 bits per heavy atom. The summed E-state index contributed by atoms with van der Waals surface area (Å²) in [5.74, 6) is 0.402. The minimum Gasteiger partial charge on any atom is -0.431 e. The van der Waals surface area contributed by atoms with E-state index in [2.05, 4.69) is 15.3 Å². The number of fused-ring (bicyclic) bond motifs is 1. The van der Waals surface area contributed by atoms with Crippen LogP contribution in [0, 0.1) is 0 Å². The van der Waals surface area contributed by atoms with Crippen LogP contribution in [0.3, 0.4) is 0 Å². The van der Waals surface area contributed by atoms with E-state index in [-0.39, 0.29) is 17.2 Å². The van der Waals surface area contributed by atoms with Gasteiger partial charge in [-0.3, -0.25) is 4.79 Å². The molecule has 1 N–H and O–H groups in total. The van der Waals surface area contributed by atoms with Gasteiger partial charge in [0.2, 0.25) is 15.9 Å². The lowest BCUT2D eigenvalue weighted by atomic mass is 10.3. The van der Waals surface area contributed by atoms with Crippen molar-refractivity contribution in [2.24, 2.45) is 0 Å². The van der Waals surface area contributed by atoms with E-state index >= 15 is 0 Å². The Morgan fingerprint density at radius 2 is 1.94 bits per heavy atom. The second-order valence-corrected chi connectivity index (χ2v) is 11.0. The van der Waals surface area contributed by atoms with Gasteiger partial charge in [0.15, 0.2) is 5.58 Å². The third-order valence-electron chi connectivity index (χ3n) is 4.43. The molecule has 11 heteroatoms. The van der Waals surface area contributed by atoms with Gasteiger partial charge in [0.25, 0.3) is 5.22 Å². The van der Waals surface area contributed by atoms with Crippen LogP contribution in [-0.2, 0) is 27.0 Å². The van der Waals surface area contributed by atoms with Crippen molar-refractivity contribution in [2.75, 3.05) is 19.4 Å². The smallest absolute Gasteiger partial charge is 0.257 e. The number of nitrogens with one attached hydrogen (secondary N) is 1. The molecule has 0 saturated carbocycles. The molecule has 0 aliphatic heterocycles. The monoisotopic (exact) mass is 488 g/mol. The van der Waals surface area contributed by atoms with Crippen LogP contribution in [0.15, 0.2) is 68.4 Å². The van der Waals surface area contributed by atoms with Gasteiger partial charge in [0.1, 0.15) is 10.5 Å². The van der Waals surface area contributed by atoms with Gasteiger partial charge in [0.05, 0.1) is 17.0 Å². The quantitative estimate of drug-likeness (QED) is 0.374.